The number of nitrogens with one attached hydrogen (secondary N) is 1. The van der Waals surface area contributed by atoms with Crippen LogP contribution in [0, 0.1) is 6.92 Å². The number of nitrogens with zero attached hydrogens (tertiary/aromatic N) is 3. The molecule has 1 aliphatic rings. The van der Waals surface area contributed by atoms with Crippen LogP contribution in [-0.4, -0.2) is 45.1 Å². The fraction of sp³-hybridized carbons (Fsp3) is 0.350. The molecule has 0 aliphatic carbocycles. The van der Waals surface area contributed by atoms with Gasteiger partial charge in [-0.15, -0.1) is 11.3 Å². The average Bonchev–Trinajstić information content (AvgIpc) is 3.26. The molecule has 1 aliphatic heterocycles. The Morgan fingerprint density at radius 2 is 2.11 bits per heavy atom. The van der Waals surface area contributed by atoms with Gasteiger partial charge in [-0.25, -0.2) is 9.97 Å². The molecule has 3 heterocycles. The minimum absolute atomic E-state index is 0.0138. The zero-order chi connectivity index (χ0) is 19.0. The van der Waals surface area contributed by atoms with Crippen LogP contribution in [0.4, 0.5) is 5.95 Å². The Morgan fingerprint density at radius 3 is 2.81 bits per heavy atom. The van der Waals surface area contributed by atoms with Gasteiger partial charge < -0.3 is 15.3 Å². The molecule has 6 nitrogen and oxygen atoms in total. The summed E-state index contributed by atoms with van der Waals surface area (Å²) < 4.78 is 0.803. The van der Waals surface area contributed by atoms with E-state index in [9.17, 15) is 9.90 Å². The van der Waals surface area contributed by atoms with E-state index in [4.69, 9.17) is 0 Å². The van der Waals surface area contributed by atoms with Crippen LogP contribution in [0.5, 0.6) is 0 Å². The van der Waals surface area contributed by atoms with Crippen LogP contribution in [0.2, 0.25) is 0 Å². The van der Waals surface area contributed by atoms with Crippen molar-refractivity contribution in [3.8, 4) is 0 Å². The van der Waals surface area contributed by atoms with Crippen LogP contribution < -0.4 is 5.32 Å². The lowest BCUT2D eigenvalue weighted by molar-refractivity contribution is 0.0761. The van der Waals surface area contributed by atoms with Crippen molar-refractivity contribution in [1.82, 2.24) is 14.9 Å². The van der Waals surface area contributed by atoms with Crippen LogP contribution >= 0.6 is 11.3 Å². The second kappa shape index (κ2) is 7.25. The fourth-order valence-electron chi connectivity index (χ4n) is 3.35. The number of anilines is 1. The minimum Gasteiger partial charge on any atom is -0.391 e. The second-order valence-electron chi connectivity index (χ2n) is 6.94. The molecular weight excluding hydrogens is 360 g/mol. The summed E-state index contributed by atoms with van der Waals surface area (Å²) in [5.74, 6) is 0.302. The average molecular weight is 382 g/mol. The van der Waals surface area contributed by atoms with Crippen LogP contribution in [0.3, 0.4) is 0 Å². The summed E-state index contributed by atoms with van der Waals surface area (Å²) in [7, 11) is 0. The summed E-state index contributed by atoms with van der Waals surface area (Å²) in [5.41, 5.74) is 2.31. The monoisotopic (exact) mass is 382 g/mol. The Bertz CT molecular complexity index is 973. The smallest absolute Gasteiger partial charge is 0.274 e. The van der Waals surface area contributed by atoms with Gasteiger partial charge in [0, 0.05) is 18.0 Å². The van der Waals surface area contributed by atoms with E-state index in [-0.39, 0.29) is 11.9 Å². The number of fused-ring (bicyclic) bond motifs is 1. The number of benzene rings is 1. The number of aryl methyl sites for hydroxylation is 1. The van der Waals surface area contributed by atoms with E-state index in [1.54, 1.807) is 4.90 Å². The molecule has 4 rings (SSSR count). The highest BCUT2D eigenvalue weighted by atomic mass is 32.1. The Kier molecular flexibility index (Phi) is 4.80. The molecule has 2 N–H and O–H groups in total. The van der Waals surface area contributed by atoms with Gasteiger partial charge in [-0.3, -0.25) is 4.79 Å². The molecule has 140 valence electrons. The maximum atomic E-state index is 13.0. The van der Waals surface area contributed by atoms with Gasteiger partial charge in [-0.2, -0.15) is 0 Å². The van der Waals surface area contributed by atoms with Gasteiger partial charge in [-0.05, 0) is 31.9 Å². The van der Waals surface area contributed by atoms with E-state index in [0.29, 0.717) is 31.2 Å². The van der Waals surface area contributed by atoms with Gasteiger partial charge in [0.05, 0.1) is 22.4 Å². The van der Waals surface area contributed by atoms with E-state index in [2.05, 4.69) is 15.3 Å². The number of aromatic nitrogens is 2. The maximum absolute atomic E-state index is 13.0. The first kappa shape index (κ1) is 17.9. The normalized spacial score (nSPS) is 18.0. The number of likely N-dealkylation sites (tertiary alicyclic amines) is 1. The third-order valence-electron chi connectivity index (χ3n) is 4.79. The van der Waals surface area contributed by atoms with Gasteiger partial charge in [0.25, 0.3) is 5.91 Å². The zero-order valence-electron chi connectivity index (χ0n) is 15.3. The Morgan fingerprint density at radius 1 is 1.33 bits per heavy atom. The number of thiophene rings is 1. The van der Waals surface area contributed by atoms with Crippen molar-refractivity contribution in [1.29, 1.82) is 0 Å². The van der Waals surface area contributed by atoms with Crippen molar-refractivity contribution in [2.24, 2.45) is 0 Å². The molecule has 2 aromatic heterocycles. The molecule has 0 bridgehead atoms. The first-order valence-electron chi connectivity index (χ1n) is 9.08. The molecule has 0 spiro atoms. The standard InChI is InChI=1S/C20H22N4O2S/c1-12-10-16-18(27-12)17(19(26)24-9-8-15(25)11-24)23-20(22-16)21-13(2)14-6-4-3-5-7-14/h3-7,10,13,15,25H,8-9,11H2,1-2H3,(H,21,22,23)/t13-,15-/m0/s1. The third kappa shape index (κ3) is 3.65. The Balaban J connectivity index is 1.69. The number of aliphatic hydroxyl groups excluding tert-OH is 1. The van der Waals surface area contributed by atoms with Crippen molar-refractivity contribution in [2.45, 2.75) is 32.4 Å². The molecule has 3 aromatic rings. The van der Waals surface area contributed by atoms with Crippen LogP contribution in [0.15, 0.2) is 36.4 Å². The molecule has 1 saturated heterocycles. The van der Waals surface area contributed by atoms with Gasteiger partial charge in [0.1, 0.15) is 0 Å². The van der Waals surface area contributed by atoms with Gasteiger partial charge >= 0.3 is 0 Å². The van der Waals surface area contributed by atoms with Gasteiger partial charge in [0.2, 0.25) is 5.95 Å². The number of rotatable bonds is 4. The highest BCUT2D eigenvalue weighted by molar-refractivity contribution is 7.19. The third-order valence-corrected chi connectivity index (χ3v) is 5.84. The first-order valence-corrected chi connectivity index (χ1v) is 9.90. The number of hydrogen-bond donors (Lipinski definition) is 2. The summed E-state index contributed by atoms with van der Waals surface area (Å²) in [6.45, 7) is 4.96. The second-order valence-corrected chi connectivity index (χ2v) is 8.19. The molecule has 27 heavy (non-hydrogen) atoms. The molecule has 1 amide bonds. The minimum atomic E-state index is -0.452. The van der Waals surface area contributed by atoms with Crippen LogP contribution in [-0.2, 0) is 0 Å². The summed E-state index contributed by atoms with van der Waals surface area (Å²) in [4.78, 5) is 25.0. The van der Waals surface area contributed by atoms with E-state index in [1.165, 1.54) is 11.3 Å². The zero-order valence-corrected chi connectivity index (χ0v) is 16.2. The lowest BCUT2D eigenvalue weighted by Crippen LogP contribution is -2.30. The van der Waals surface area contributed by atoms with Crippen molar-refractivity contribution in [2.75, 3.05) is 18.4 Å². The molecule has 1 fully saturated rings. The quantitative estimate of drug-likeness (QED) is 0.723. The SMILES string of the molecule is Cc1cc2nc(N[C@@H](C)c3ccccc3)nc(C(=O)N3CC[C@H](O)C3)c2s1. The predicted molar refractivity (Wildman–Crippen MR) is 107 cm³/mol. The highest BCUT2D eigenvalue weighted by Gasteiger charge is 2.28. The lowest BCUT2D eigenvalue weighted by atomic mass is 10.1. The summed E-state index contributed by atoms with van der Waals surface area (Å²) in [6, 6.07) is 12.1. The molecule has 1 aromatic carbocycles. The van der Waals surface area contributed by atoms with Crippen molar-refractivity contribution < 1.29 is 9.90 Å². The summed E-state index contributed by atoms with van der Waals surface area (Å²) >= 11 is 1.53. The maximum Gasteiger partial charge on any atom is 0.274 e. The van der Waals surface area contributed by atoms with Crippen molar-refractivity contribution in [3.63, 3.8) is 0 Å². The first-order chi connectivity index (χ1) is 13.0. The van der Waals surface area contributed by atoms with E-state index < -0.39 is 6.10 Å². The Hall–Kier alpha value is -2.51. The highest BCUT2D eigenvalue weighted by Crippen LogP contribution is 2.29. The number of carbonyl (C=O) groups excluding carboxylic acids is 1. The largest absolute Gasteiger partial charge is 0.391 e. The number of aliphatic hydroxyl groups is 1. The van der Waals surface area contributed by atoms with Gasteiger partial charge in [-0.1, -0.05) is 30.3 Å². The van der Waals surface area contributed by atoms with E-state index in [1.807, 2.05) is 50.2 Å². The van der Waals surface area contributed by atoms with Crippen LogP contribution in [0.1, 0.15) is 40.3 Å². The van der Waals surface area contributed by atoms with Crippen LogP contribution in [0.25, 0.3) is 10.2 Å². The predicted octanol–water partition coefficient (Wildman–Crippen LogP) is 3.38. The van der Waals surface area contributed by atoms with Crippen molar-refractivity contribution >= 4 is 33.4 Å². The number of amides is 1. The topological polar surface area (TPSA) is 78.4 Å². The fourth-order valence-corrected chi connectivity index (χ4v) is 4.28. The van der Waals surface area contributed by atoms with E-state index in [0.717, 1.165) is 20.7 Å². The molecule has 0 saturated carbocycles. The molecule has 2 atom stereocenters. The molecule has 0 radical (unpaired) electrons. The molecule has 0 unspecified atom stereocenters. The molecule has 7 heteroatoms. The summed E-state index contributed by atoms with van der Waals surface area (Å²) in [5, 5.41) is 13.1. The van der Waals surface area contributed by atoms with E-state index >= 15 is 0 Å². The number of β-amino-alcohol motifs (C(OH)–C–C–N with tert-alkyl or cyclic N) is 1. The number of hydrogen-bond acceptors (Lipinski definition) is 6. The lowest BCUT2D eigenvalue weighted by Gasteiger charge is -2.17. The summed E-state index contributed by atoms with van der Waals surface area (Å²) in [6.07, 6.45) is 0.159. The Labute approximate surface area is 161 Å². The molecular formula is C20H22N4O2S. The van der Waals surface area contributed by atoms with Crippen molar-refractivity contribution in [3.05, 3.63) is 52.5 Å². The van der Waals surface area contributed by atoms with Gasteiger partial charge in [0.15, 0.2) is 5.69 Å². The number of carbonyl (C=O) groups is 1.